The number of aromatic nitrogens is 1. The van der Waals surface area contributed by atoms with Gasteiger partial charge in [0.15, 0.2) is 0 Å². The molecule has 0 aliphatic carbocycles. The monoisotopic (exact) mass is 360 g/mol. The number of carbonyl (C=O) groups is 2. The summed E-state index contributed by atoms with van der Waals surface area (Å²) in [7, 11) is 0. The minimum atomic E-state index is -0.983. The molecule has 0 radical (unpaired) electrons. The molecule has 0 aliphatic heterocycles. The maximum absolute atomic E-state index is 11.6. The van der Waals surface area contributed by atoms with E-state index in [0.29, 0.717) is 25.1 Å². The zero-order valence-electron chi connectivity index (χ0n) is 13.5. The van der Waals surface area contributed by atoms with Crippen molar-refractivity contribution in [3.63, 3.8) is 0 Å². The average Bonchev–Trinajstić information content (AvgIpc) is 2.59. The number of thiol groups is 1. The predicted octanol–water partition coefficient (Wildman–Crippen LogP) is 2.54. The number of nitrogens with zero attached hydrogens (tertiary/aromatic N) is 1. The van der Waals surface area contributed by atoms with E-state index in [9.17, 15) is 14.7 Å². The zero-order valence-corrected chi connectivity index (χ0v) is 14.4. The van der Waals surface area contributed by atoms with Gasteiger partial charge in [-0.3, -0.25) is 4.79 Å². The zero-order chi connectivity index (χ0) is 18.4. The quantitative estimate of drug-likeness (QED) is 0.538. The maximum Gasteiger partial charge on any atom is 0.335 e. The highest BCUT2D eigenvalue weighted by atomic mass is 32.1. The fourth-order valence-corrected chi connectivity index (χ4v) is 2.94. The molecule has 25 heavy (non-hydrogen) atoms. The lowest BCUT2D eigenvalue weighted by atomic mass is 9.93. The Hall–Kier alpha value is -2.54. The van der Waals surface area contributed by atoms with Crippen LogP contribution < -0.4 is 5.73 Å². The number of nitrogen functional groups attached to an aromatic ring is 1. The number of hydrogen-bond acceptors (Lipinski definition) is 5. The third-order valence-electron chi connectivity index (χ3n) is 3.99. The van der Waals surface area contributed by atoms with Crippen LogP contribution in [0, 0.1) is 5.92 Å². The molecule has 0 amide bonds. The summed E-state index contributed by atoms with van der Waals surface area (Å²) >= 11 is 4.47. The maximum atomic E-state index is 11.6. The number of carboxylic acid groups (broad SMARTS) is 2. The van der Waals surface area contributed by atoms with E-state index in [4.69, 9.17) is 10.8 Å². The van der Waals surface area contributed by atoms with Gasteiger partial charge in [-0.1, -0.05) is 18.2 Å². The molecule has 6 nitrogen and oxygen atoms in total. The summed E-state index contributed by atoms with van der Waals surface area (Å²) in [6, 6.07) is 10.0. The molecule has 0 fully saturated rings. The van der Waals surface area contributed by atoms with E-state index >= 15 is 0 Å². The first-order valence-electron chi connectivity index (χ1n) is 7.80. The van der Waals surface area contributed by atoms with Crippen LogP contribution in [0.25, 0.3) is 0 Å². The SMILES string of the molecule is Nc1ccc(CC(C(=O)O)C(S)CCc2cccc(C(=O)O)c2)cn1. The van der Waals surface area contributed by atoms with Crippen molar-refractivity contribution in [1.29, 1.82) is 0 Å². The van der Waals surface area contributed by atoms with Gasteiger partial charge in [-0.25, -0.2) is 9.78 Å². The van der Waals surface area contributed by atoms with Crippen LogP contribution in [-0.2, 0) is 17.6 Å². The van der Waals surface area contributed by atoms with Crippen molar-refractivity contribution < 1.29 is 19.8 Å². The van der Waals surface area contributed by atoms with E-state index in [1.165, 1.54) is 6.07 Å². The predicted molar refractivity (Wildman–Crippen MR) is 98.0 cm³/mol. The third kappa shape index (κ3) is 5.49. The Morgan fingerprint density at radius 2 is 1.92 bits per heavy atom. The largest absolute Gasteiger partial charge is 0.481 e. The van der Waals surface area contributed by atoms with Crippen molar-refractivity contribution in [2.75, 3.05) is 5.73 Å². The number of nitrogens with two attached hydrogens (primary N) is 1. The second-order valence-corrected chi connectivity index (χ2v) is 6.52. The summed E-state index contributed by atoms with van der Waals surface area (Å²) in [6.45, 7) is 0. The smallest absolute Gasteiger partial charge is 0.335 e. The van der Waals surface area contributed by atoms with Crippen LogP contribution in [0.15, 0.2) is 42.6 Å². The molecule has 1 aromatic heterocycles. The second-order valence-electron chi connectivity index (χ2n) is 5.85. The molecular weight excluding hydrogens is 340 g/mol. The molecule has 7 heteroatoms. The Kier molecular flexibility index (Phi) is 6.41. The molecule has 2 rings (SSSR count). The molecule has 1 aromatic carbocycles. The van der Waals surface area contributed by atoms with Crippen LogP contribution in [0.5, 0.6) is 0 Å². The van der Waals surface area contributed by atoms with E-state index in [1.54, 1.807) is 30.5 Å². The van der Waals surface area contributed by atoms with E-state index < -0.39 is 17.9 Å². The highest BCUT2D eigenvalue weighted by Gasteiger charge is 2.25. The number of aryl methyl sites for hydroxylation is 1. The first-order chi connectivity index (χ1) is 11.9. The molecule has 0 saturated carbocycles. The number of pyridine rings is 1. The molecule has 0 saturated heterocycles. The average molecular weight is 360 g/mol. The molecule has 2 unspecified atom stereocenters. The number of aliphatic carboxylic acids is 1. The summed E-state index contributed by atoms with van der Waals surface area (Å²) in [5.74, 6) is -2.19. The number of benzene rings is 1. The van der Waals surface area contributed by atoms with E-state index in [2.05, 4.69) is 17.6 Å². The van der Waals surface area contributed by atoms with Gasteiger partial charge in [0.1, 0.15) is 5.82 Å². The number of anilines is 1. The van der Waals surface area contributed by atoms with Crippen LogP contribution in [0.2, 0.25) is 0 Å². The van der Waals surface area contributed by atoms with E-state index in [-0.39, 0.29) is 10.8 Å². The summed E-state index contributed by atoms with van der Waals surface area (Å²) in [6.07, 6.45) is 2.96. The number of carboxylic acids is 2. The lowest BCUT2D eigenvalue weighted by molar-refractivity contribution is -0.141. The highest BCUT2D eigenvalue weighted by Crippen LogP contribution is 2.22. The molecule has 0 spiro atoms. The first-order valence-corrected chi connectivity index (χ1v) is 8.32. The third-order valence-corrected chi connectivity index (χ3v) is 4.61. The molecule has 4 N–H and O–H groups in total. The fourth-order valence-electron chi connectivity index (χ4n) is 2.57. The highest BCUT2D eigenvalue weighted by molar-refractivity contribution is 7.81. The molecule has 1 heterocycles. The van der Waals surface area contributed by atoms with E-state index in [0.717, 1.165) is 11.1 Å². The minimum absolute atomic E-state index is 0.218. The minimum Gasteiger partial charge on any atom is -0.481 e. The van der Waals surface area contributed by atoms with Gasteiger partial charge >= 0.3 is 11.9 Å². The van der Waals surface area contributed by atoms with Crippen LogP contribution in [0.4, 0.5) is 5.82 Å². The summed E-state index contributed by atoms with van der Waals surface area (Å²) in [5, 5.41) is 18.2. The summed E-state index contributed by atoms with van der Waals surface area (Å²) in [5.41, 5.74) is 7.39. The van der Waals surface area contributed by atoms with Gasteiger partial charge in [0.25, 0.3) is 0 Å². The van der Waals surface area contributed by atoms with Crippen molar-refractivity contribution in [1.82, 2.24) is 4.98 Å². The fraction of sp³-hybridized carbons (Fsp3) is 0.278. The van der Waals surface area contributed by atoms with Gasteiger partial charge in [-0.15, -0.1) is 0 Å². The number of rotatable bonds is 8. The van der Waals surface area contributed by atoms with Crippen LogP contribution in [-0.4, -0.2) is 32.4 Å². The topological polar surface area (TPSA) is 114 Å². The summed E-state index contributed by atoms with van der Waals surface area (Å²) < 4.78 is 0. The van der Waals surface area contributed by atoms with Gasteiger partial charge in [0, 0.05) is 11.4 Å². The van der Waals surface area contributed by atoms with E-state index in [1.807, 2.05) is 6.07 Å². The molecule has 0 aliphatic rings. The van der Waals surface area contributed by atoms with Crippen molar-refractivity contribution in [2.45, 2.75) is 24.5 Å². The van der Waals surface area contributed by atoms with Gasteiger partial charge in [0.05, 0.1) is 11.5 Å². The summed E-state index contributed by atoms with van der Waals surface area (Å²) in [4.78, 5) is 26.6. The van der Waals surface area contributed by atoms with Gasteiger partial charge in [-0.2, -0.15) is 12.6 Å². The molecule has 0 bridgehead atoms. The van der Waals surface area contributed by atoms with Gasteiger partial charge in [-0.05, 0) is 48.6 Å². The molecular formula is C18H20N2O4S. The van der Waals surface area contributed by atoms with Crippen molar-refractivity contribution >= 4 is 30.4 Å². The van der Waals surface area contributed by atoms with Gasteiger partial charge < -0.3 is 15.9 Å². The number of hydrogen-bond donors (Lipinski definition) is 4. The number of aromatic carboxylic acids is 1. The van der Waals surface area contributed by atoms with Crippen molar-refractivity contribution in [2.24, 2.45) is 5.92 Å². The van der Waals surface area contributed by atoms with Crippen LogP contribution in [0.1, 0.15) is 27.9 Å². The first kappa shape index (κ1) is 18.8. The Morgan fingerprint density at radius 3 is 2.52 bits per heavy atom. The molecule has 2 atom stereocenters. The van der Waals surface area contributed by atoms with Crippen LogP contribution >= 0.6 is 12.6 Å². The Morgan fingerprint density at radius 1 is 1.16 bits per heavy atom. The van der Waals surface area contributed by atoms with Crippen LogP contribution in [0.3, 0.4) is 0 Å². The lowest BCUT2D eigenvalue weighted by Gasteiger charge is -2.19. The van der Waals surface area contributed by atoms with Crippen molar-refractivity contribution in [3.8, 4) is 0 Å². The normalized spacial score (nSPS) is 13.2. The molecule has 132 valence electrons. The Labute approximate surface area is 151 Å². The Balaban J connectivity index is 2.01. The lowest BCUT2D eigenvalue weighted by Crippen LogP contribution is -2.27. The van der Waals surface area contributed by atoms with Crippen molar-refractivity contribution in [3.05, 3.63) is 59.3 Å². The molecule has 2 aromatic rings. The second kappa shape index (κ2) is 8.53. The standard InChI is InChI=1S/C18H20N2O4S/c19-16-7-5-12(10-20-16)9-14(18(23)24)15(25)6-4-11-2-1-3-13(8-11)17(21)22/h1-3,5,7-8,10,14-15,25H,4,6,9H2,(H2,19,20)(H,21,22)(H,23,24). The Bertz CT molecular complexity index is 749. The van der Waals surface area contributed by atoms with Gasteiger partial charge in [0.2, 0.25) is 0 Å².